The number of Topliss-reactive ketones (excluding diaryl/α,β-unsaturated/α-hetero) is 1. The average molecular weight is 443 g/mol. The van der Waals surface area contributed by atoms with Gasteiger partial charge in [0.2, 0.25) is 0 Å². The molecule has 4 aromatic rings. The SMILES string of the molecule is O=C(Nc1c(Cl)cncc1Cl)C(=O)c1cc(Cc2ccc(F)cc2)n2cnccc12. The number of hydrogen-bond acceptors (Lipinski definition) is 4. The van der Waals surface area contributed by atoms with Gasteiger partial charge in [0.15, 0.2) is 0 Å². The first-order valence-electron chi connectivity index (χ1n) is 8.77. The zero-order valence-electron chi connectivity index (χ0n) is 15.3. The molecule has 0 spiro atoms. The molecule has 0 fully saturated rings. The van der Waals surface area contributed by atoms with E-state index >= 15 is 0 Å². The highest BCUT2D eigenvalue weighted by atomic mass is 35.5. The Kier molecular flexibility index (Phi) is 5.48. The van der Waals surface area contributed by atoms with Crippen molar-refractivity contribution in [1.82, 2.24) is 14.4 Å². The maximum absolute atomic E-state index is 13.2. The third kappa shape index (κ3) is 3.90. The van der Waals surface area contributed by atoms with Gasteiger partial charge in [0, 0.05) is 30.7 Å². The number of anilines is 1. The first-order valence-corrected chi connectivity index (χ1v) is 9.52. The molecule has 0 saturated carbocycles. The van der Waals surface area contributed by atoms with Crippen LogP contribution in [0, 0.1) is 5.82 Å². The highest BCUT2D eigenvalue weighted by Gasteiger charge is 2.23. The van der Waals surface area contributed by atoms with Gasteiger partial charge in [-0.3, -0.25) is 14.6 Å². The van der Waals surface area contributed by atoms with Gasteiger partial charge < -0.3 is 9.72 Å². The van der Waals surface area contributed by atoms with Crippen molar-refractivity contribution in [1.29, 1.82) is 0 Å². The van der Waals surface area contributed by atoms with Crippen LogP contribution in [0.3, 0.4) is 0 Å². The minimum absolute atomic E-state index is 0.114. The summed E-state index contributed by atoms with van der Waals surface area (Å²) < 4.78 is 14.9. The minimum Gasteiger partial charge on any atom is -0.316 e. The van der Waals surface area contributed by atoms with E-state index in [1.165, 1.54) is 30.7 Å². The molecular formula is C21H13Cl2FN4O2. The van der Waals surface area contributed by atoms with Crippen LogP contribution >= 0.6 is 23.2 Å². The zero-order valence-corrected chi connectivity index (χ0v) is 16.8. The van der Waals surface area contributed by atoms with Crippen LogP contribution in [-0.2, 0) is 11.2 Å². The fraction of sp³-hybridized carbons (Fsp3) is 0.0476. The number of benzene rings is 1. The smallest absolute Gasteiger partial charge is 0.296 e. The molecule has 0 atom stereocenters. The minimum atomic E-state index is -0.886. The lowest BCUT2D eigenvalue weighted by molar-refractivity contribution is -0.112. The Hall–Kier alpha value is -3.29. The van der Waals surface area contributed by atoms with E-state index in [1.807, 2.05) is 0 Å². The molecule has 0 aliphatic heterocycles. The number of hydrogen-bond donors (Lipinski definition) is 1. The second kappa shape index (κ2) is 8.22. The van der Waals surface area contributed by atoms with Gasteiger partial charge in [-0.1, -0.05) is 35.3 Å². The fourth-order valence-electron chi connectivity index (χ4n) is 3.07. The van der Waals surface area contributed by atoms with E-state index in [0.717, 1.165) is 11.3 Å². The van der Waals surface area contributed by atoms with Crippen LogP contribution in [0.2, 0.25) is 10.0 Å². The van der Waals surface area contributed by atoms with Crippen molar-refractivity contribution in [3.63, 3.8) is 0 Å². The van der Waals surface area contributed by atoms with Crippen LogP contribution in [0.25, 0.3) is 5.52 Å². The molecule has 4 rings (SSSR count). The van der Waals surface area contributed by atoms with Crippen LogP contribution in [-0.4, -0.2) is 26.1 Å². The van der Waals surface area contributed by atoms with Crippen molar-refractivity contribution in [3.8, 4) is 0 Å². The van der Waals surface area contributed by atoms with E-state index in [4.69, 9.17) is 23.2 Å². The van der Waals surface area contributed by atoms with E-state index < -0.39 is 11.7 Å². The summed E-state index contributed by atoms with van der Waals surface area (Å²) in [5.41, 5.74) is 2.41. The van der Waals surface area contributed by atoms with Gasteiger partial charge in [0.05, 0.1) is 33.1 Å². The molecule has 0 bridgehead atoms. The number of pyridine rings is 1. The predicted octanol–water partition coefficient (Wildman–Crippen LogP) is 4.59. The van der Waals surface area contributed by atoms with Gasteiger partial charge in [-0.05, 0) is 29.8 Å². The number of carbonyl (C=O) groups is 2. The van der Waals surface area contributed by atoms with Crippen LogP contribution in [0.15, 0.2) is 61.3 Å². The molecule has 3 heterocycles. The van der Waals surface area contributed by atoms with Crippen molar-refractivity contribution in [2.24, 2.45) is 0 Å². The Morgan fingerprint density at radius 1 is 1.03 bits per heavy atom. The van der Waals surface area contributed by atoms with E-state index in [0.29, 0.717) is 11.9 Å². The van der Waals surface area contributed by atoms with Crippen molar-refractivity contribution in [3.05, 3.63) is 94.0 Å². The van der Waals surface area contributed by atoms with Crippen molar-refractivity contribution >= 4 is 46.1 Å². The maximum atomic E-state index is 13.2. The predicted molar refractivity (Wildman–Crippen MR) is 112 cm³/mol. The summed E-state index contributed by atoms with van der Waals surface area (Å²) in [7, 11) is 0. The van der Waals surface area contributed by atoms with E-state index in [9.17, 15) is 14.0 Å². The molecule has 30 heavy (non-hydrogen) atoms. The average Bonchev–Trinajstić information content (AvgIpc) is 3.10. The monoisotopic (exact) mass is 442 g/mol. The molecule has 0 aliphatic carbocycles. The maximum Gasteiger partial charge on any atom is 0.296 e. The first-order chi connectivity index (χ1) is 14.4. The number of ketones is 1. The molecule has 3 aromatic heterocycles. The van der Waals surface area contributed by atoms with Gasteiger partial charge >= 0.3 is 0 Å². The summed E-state index contributed by atoms with van der Waals surface area (Å²) >= 11 is 12.0. The van der Waals surface area contributed by atoms with Crippen LogP contribution in [0.4, 0.5) is 10.1 Å². The van der Waals surface area contributed by atoms with E-state index in [2.05, 4.69) is 15.3 Å². The third-order valence-corrected chi connectivity index (χ3v) is 5.07. The van der Waals surface area contributed by atoms with Gasteiger partial charge in [-0.25, -0.2) is 9.37 Å². The molecule has 0 unspecified atom stereocenters. The highest BCUT2D eigenvalue weighted by Crippen LogP contribution is 2.29. The first kappa shape index (κ1) is 20.0. The topological polar surface area (TPSA) is 76.4 Å². The number of amides is 1. The Balaban J connectivity index is 1.67. The molecule has 6 nitrogen and oxygen atoms in total. The van der Waals surface area contributed by atoms with Gasteiger partial charge in [0.1, 0.15) is 5.82 Å². The van der Waals surface area contributed by atoms with Crippen molar-refractivity contribution in [2.45, 2.75) is 6.42 Å². The van der Waals surface area contributed by atoms with Crippen LogP contribution in [0.1, 0.15) is 21.6 Å². The molecule has 1 amide bonds. The molecule has 0 saturated heterocycles. The highest BCUT2D eigenvalue weighted by molar-refractivity contribution is 6.49. The number of nitrogens with zero attached hydrogens (tertiary/aromatic N) is 3. The summed E-state index contributed by atoms with van der Waals surface area (Å²) in [4.78, 5) is 33.4. The quantitative estimate of drug-likeness (QED) is 0.362. The third-order valence-electron chi connectivity index (χ3n) is 4.50. The summed E-state index contributed by atoms with van der Waals surface area (Å²) in [5.74, 6) is -1.97. The molecule has 9 heteroatoms. The summed E-state index contributed by atoms with van der Waals surface area (Å²) in [5, 5.41) is 2.68. The number of aromatic nitrogens is 3. The number of fused-ring (bicyclic) bond motifs is 1. The second-order valence-corrected chi connectivity index (χ2v) is 7.26. The van der Waals surface area contributed by atoms with E-state index in [-0.39, 0.29) is 27.1 Å². The Morgan fingerprint density at radius 2 is 1.73 bits per heavy atom. The number of carbonyl (C=O) groups excluding carboxylic acids is 2. The van der Waals surface area contributed by atoms with Crippen LogP contribution < -0.4 is 5.32 Å². The van der Waals surface area contributed by atoms with E-state index in [1.54, 1.807) is 35.0 Å². The van der Waals surface area contributed by atoms with Gasteiger partial charge in [-0.2, -0.15) is 0 Å². The van der Waals surface area contributed by atoms with Crippen LogP contribution in [0.5, 0.6) is 0 Å². The lowest BCUT2D eigenvalue weighted by Crippen LogP contribution is -2.23. The lowest BCUT2D eigenvalue weighted by Gasteiger charge is -2.07. The Bertz CT molecular complexity index is 1250. The summed E-state index contributed by atoms with van der Waals surface area (Å²) in [6, 6.07) is 9.31. The second-order valence-electron chi connectivity index (χ2n) is 6.45. The van der Waals surface area contributed by atoms with Gasteiger partial charge in [0.25, 0.3) is 11.7 Å². The summed E-state index contributed by atoms with van der Waals surface area (Å²) in [6.45, 7) is 0. The number of nitrogens with one attached hydrogen (secondary N) is 1. The molecular weight excluding hydrogens is 430 g/mol. The largest absolute Gasteiger partial charge is 0.316 e. The molecule has 0 radical (unpaired) electrons. The molecule has 1 N–H and O–H groups in total. The van der Waals surface area contributed by atoms with Gasteiger partial charge in [-0.15, -0.1) is 0 Å². The normalized spacial score (nSPS) is 10.9. The van der Waals surface area contributed by atoms with Crippen molar-refractivity contribution < 1.29 is 14.0 Å². The Morgan fingerprint density at radius 3 is 2.43 bits per heavy atom. The standard InChI is InChI=1S/C21H13Cl2FN4O2/c22-16-9-26-10-17(23)19(16)27-21(30)20(29)15-8-14(28-11-25-6-5-18(15)28)7-12-1-3-13(24)4-2-12/h1-6,8-11H,7H2,(H,26,27,30). The number of halogens is 3. The van der Waals surface area contributed by atoms with Crippen molar-refractivity contribution in [2.75, 3.05) is 5.32 Å². The number of rotatable bonds is 5. The molecule has 150 valence electrons. The molecule has 0 aliphatic rings. The lowest BCUT2D eigenvalue weighted by atomic mass is 10.1. The fourth-order valence-corrected chi connectivity index (χ4v) is 3.53. The summed E-state index contributed by atoms with van der Waals surface area (Å²) in [6.07, 6.45) is 6.13. The molecule has 1 aromatic carbocycles. The Labute approximate surface area is 180 Å². The zero-order chi connectivity index (χ0) is 21.3.